The van der Waals surface area contributed by atoms with Crippen molar-refractivity contribution in [1.29, 1.82) is 0 Å². The van der Waals surface area contributed by atoms with Gasteiger partial charge in [-0.05, 0) is 31.9 Å². The maximum absolute atomic E-state index is 9.70. The van der Waals surface area contributed by atoms with Gasteiger partial charge in [-0.3, -0.25) is 0 Å². The van der Waals surface area contributed by atoms with Crippen LogP contribution in [0.4, 0.5) is 5.82 Å². The lowest BCUT2D eigenvalue weighted by Crippen LogP contribution is -2.39. The van der Waals surface area contributed by atoms with Gasteiger partial charge in [-0.1, -0.05) is 24.5 Å². The first-order valence-electron chi connectivity index (χ1n) is 6.83. The predicted molar refractivity (Wildman–Crippen MR) is 76.2 cm³/mol. The van der Waals surface area contributed by atoms with Gasteiger partial charge in [0.1, 0.15) is 12.1 Å². The molecule has 0 bridgehead atoms. The molecule has 1 saturated carbocycles. The average molecular weight is 257 g/mol. The highest BCUT2D eigenvalue weighted by Crippen LogP contribution is 2.34. The van der Waals surface area contributed by atoms with Crippen LogP contribution in [0.2, 0.25) is 0 Å². The fourth-order valence-corrected chi connectivity index (χ4v) is 2.90. The van der Waals surface area contributed by atoms with Crippen molar-refractivity contribution < 1.29 is 5.11 Å². The van der Waals surface area contributed by atoms with E-state index in [1.165, 1.54) is 5.56 Å². The minimum absolute atomic E-state index is 0.157. The van der Waals surface area contributed by atoms with Crippen LogP contribution in [-0.4, -0.2) is 27.2 Å². The van der Waals surface area contributed by atoms with Crippen molar-refractivity contribution in [3.63, 3.8) is 0 Å². The highest BCUT2D eigenvalue weighted by Gasteiger charge is 2.33. The van der Waals surface area contributed by atoms with Crippen LogP contribution >= 0.6 is 0 Å². The summed E-state index contributed by atoms with van der Waals surface area (Å²) < 4.78 is 0. The lowest BCUT2D eigenvalue weighted by molar-refractivity contribution is 0.214. The maximum atomic E-state index is 9.70. The first-order valence-corrected chi connectivity index (χ1v) is 6.83. The van der Waals surface area contributed by atoms with Gasteiger partial charge >= 0.3 is 0 Å². The van der Waals surface area contributed by atoms with Crippen LogP contribution < -0.4 is 5.32 Å². The maximum Gasteiger partial charge on any atom is 0.137 e. The molecule has 4 nitrogen and oxygen atoms in total. The fourth-order valence-electron chi connectivity index (χ4n) is 2.90. The molecule has 0 amide bonds. The number of benzene rings is 1. The zero-order valence-corrected chi connectivity index (χ0v) is 11.2. The highest BCUT2D eigenvalue weighted by molar-refractivity contribution is 5.89. The van der Waals surface area contributed by atoms with Gasteiger partial charge in [0.15, 0.2) is 0 Å². The number of hydrogen-bond donors (Lipinski definition) is 2. The molecule has 1 fully saturated rings. The second-order valence-corrected chi connectivity index (χ2v) is 5.51. The number of rotatable bonds is 3. The molecule has 0 spiro atoms. The standard InChI is InChI=1S/C15H19N3O/c1-11-4-5-13-12(8-11)14(17-10-16-13)18-15(9-19)6-2-3-7-15/h4-5,8,10,19H,2-3,6-7,9H2,1H3,(H,16,17,18). The summed E-state index contributed by atoms with van der Waals surface area (Å²) >= 11 is 0. The van der Waals surface area contributed by atoms with Gasteiger partial charge in [0.05, 0.1) is 17.7 Å². The molecule has 19 heavy (non-hydrogen) atoms. The van der Waals surface area contributed by atoms with E-state index in [0.717, 1.165) is 42.4 Å². The SMILES string of the molecule is Cc1ccc2ncnc(NC3(CO)CCCC3)c2c1. The second kappa shape index (κ2) is 4.78. The van der Waals surface area contributed by atoms with Crippen molar-refractivity contribution in [2.75, 3.05) is 11.9 Å². The summed E-state index contributed by atoms with van der Waals surface area (Å²) in [5.41, 5.74) is 1.93. The van der Waals surface area contributed by atoms with Crippen LogP contribution in [0.5, 0.6) is 0 Å². The van der Waals surface area contributed by atoms with Crippen LogP contribution in [-0.2, 0) is 0 Å². The molecule has 2 N–H and O–H groups in total. The second-order valence-electron chi connectivity index (χ2n) is 5.51. The molecule has 4 heteroatoms. The number of fused-ring (bicyclic) bond motifs is 1. The average Bonchev–Trinajstić information content (AvgIpc) is 2.89. The molecule has 1 aromatic heterocycles. The Bertz CT molecular complexity index is 591. The van der Waals surface area contributed by atoms with Crippen LogP contribution in [0, 0.1) is 6.92 Å². The molecule has 1 heterocycles. The lowest BCUT2D eigenvalue weighted by atomic mass is 9.98. The number of anilines is 1. The Labute approximate surface area is 112 Å². The molecule has 0 atom stereocenters. The van der Waals surface area contributed by atoms with E-state index in [2.05, 4.69) is 34.3 Å². The van der Waals surface area contributed by atoms with Gasteiger partial charge < -0.3 is 10.4 Å². The number of hydrogen-bond acceptors (Lipinski definition) is 4. The van der Waals surface area contributed by atoms with Crippen LogP contribution in [0.25, 0.3) is 10.9 Å². The summed E-state index contributed by atoms with van der Waals surface area (Å²) in [6.45, 7) is 2.22. The Kier molecular flexibility index (Phi) is 3.11. The predicted octanol–water partition coefficient (Wildman–Crippen LogP) is 2.66. The molecule has 0 radical (unpaired) electrons. The number of aliphatic hydroxyl groups is 1. The number of nitrogens with one attached hydrogen (secondary N) is 1. The van der Waals surface area contributed by atoms with Gasteiger partial charge in [0.2, 0.25) is 0 Å². The number of aromatic nitrogens is 2. The van der Waals surface area contributed by atoms with Crippen molar-refractivity contribution in [2.45, 2.75) is 38.1 Å². The van der Waals surface area contributed by atoms with Crippen molar-refractivity contribution in [2.24, 2.45) is 0 Å². The molecule has 1 aliphatic carbocycles. The van der Waals surface area contributed by atoms with E-state index in [4.69, 9.17) is 0 Å². The first kappa shape index (κ1) is 12.4. The van der Waals surface area contributed by atoms with Gasteiger partial charge in [0, 0.05) is 5.39 Å². The number of aliphatic hydroxyl groups excluding tert-OH is 1. The van der Waals surface area contributed by atoms with Gasteiger partial charge in [-0.25, -0.2) is 9.97 Å². The monoisotopic (exact) mass is 257 g/mol. The zero-order valence-electron chi connectivity index (χ0n) is 11.2. The van der Waals surface area contributed by atoms with Gasteiger partial charge in [-0.2, -0.15) is 0 Å². The van der Waals surface area contributed by atoms with Crippen molar-refractivity contribution in [3.05, 3.63) is 30.1 Å². The molecular formula is C15H19N3O. The van der Waals surface area contributed by atoms with E-state index in [1.807, 2.05) is 6.07 Å². The van der Waals surface area contributed by atoms with Crippen LogP contribution in [0.3, 0.4) is 0 Å². The summed E-state index contributed by atoms with van der Waals surface area (Å²) in [4.78, 5) is 8.66. The third kappa shape index (κ3) is 2.28. The third-order valence-corrected chi connectivity index (χ3v) is 4.04. The molecule has 0 unspecified atom stereocenters. The molecule has 100 valence electrons. The minimum Gasteiger partial charge on any atom is -0.394 e. The van der Waals surface area contributed by atoms with Crippen LogP contribution in [0.1, 0.15) is 31.2 Å². The van der Waals surface area contributed by atoms with E-state index < -0.39 is 0 Å². The largest absolute Gasteiger partial charge is 0.394 e. The Hall–Kier alpha value is -1.68. The summed E-state index contributed by atoms with van der Waals surface area (Å²) in [6, 6.07) is 6.16. The summed E-state index contributed by atoms with van der Waals surface area (Å²) in [6.07, 6.45) is 5.91. The fraction of sp³-hybridized carbons (Fsp3) is 0.467. The van der Waals surface area contributed by atoms with Gasteiger partial charge in [0.25, 0.3) is 0 Å². The first-order chi connectivity index (χ1) is 9.22. The topological polar surface area (TPSA) is 58.0 Å². The Balaban J connectivity index is 2.02. The van der Waals surface area contributed by atoms with E-state index in [1.54, 1.807) is 6.33 Å². The van der Waals surface area contributed by atoms with Crippen molar-refractivity contribution in [1.82, 2.24) is 9.97 Å². The molecule has 2 aromatic rings. The molecule has 3 rings (SSSR count). The minimum atomic E-state index is -0.203. The zero-order chi connectivity index (χ0) is 13.3. The molecule has 1 aromatic carbocycles. The van der Waals surface area contributed by atoms with E-state index in [9.17, 15) is 5.11 Å². The molecule has 1 aliphatic rings. The van der Waals surface area contributed by atoms with E-state index in [0.29, 0.717) is 0 Å². The Morgan fingerprint density at radius 3 is 2.79 bits per heavy atom. The Morgan fingerprint density at radius 1 is 1.26 bits per heavy atom. The summed E-state index contributed by atoms with van der Waals surface area (Å²) in [5, 5.41) is 14.2. The summed E-state index contributed by atoms with van der Waals surface area (Å²) in [7, 11) is 0. The van der Waals surface area contributed by atoms with Crippen molar-refractivity contribution in [3.8, 4) is 0 Å². The quantitative estimate of drug-likeness (QED) is 0.887. The van der Waals surface area contributed by atoms with E-state index >= 15 is 0 Å². The normalized spacial score (nSPS) is 17.8. The molecular weight excluding hydrogens is 238 g/mol. The summed E-state index contributed by atoms with van der Waals surface area (Å²) in [5.74, 6) is 0.838. The van der Waals surface area contributed by atoms with Crippen molar-refractivity contribution >= 4 is 16.7 Å². The van der Waals surface area contributed by atoms with Crippen LogP contribution in [0.15, 0.2) is 24.5 Å². The highest BCUT2D eigenvalue weighted by atomic mass is 16.3. The lowest BCUT2D eigenvalue weighted by Gasteiger charge is -2.29. The number of nitrogens with zero attached hydrogens (tertiary/aromatic N) is 2. The molecule has 0 aliphatic heterocycles. The molecule has 0 saturated heterocycles. The smallest absolute Gasteiger partial charge is 0.137 e. The Morgan fingerprint density at radius 2 is 2.05 bits per heavy atom. The van der Waals surface area contributed by atoms with Gasteiger partial charge in [-0.15, -0.1) is 0 Å². The van der Waals surface area contributed by atoms with E-state index in [-0.39, 0.29) is 12.1 Å². The number of aryl methyl sites for hydroxylation is 1. The third-order valence-electron chi connectivity index (χ3n) is 4.04.